The van der Waals surface area contributed by atoms with Gasteiger partial charge in [0.15, 0.2) is 5.76 Å². The molecule has 0 aliphatic heterocycles. The number of hydrogen-bond donors (Lipinski definition) is 1. The van der Waals surface area contributed by atoms with Crippen molar-refractivity contribution in [2.24, 2.45) is 0 Å². The van der Waals surface area contributed by atoms with Crippen LogP contribution in [0.15, 0.2) is 63.5 Å². The summed E-state index contributed by atoms with van der Waals surface area (Å²) in [7, 11) is 0. The summed E-state index contributed by atoms with van der Waals surface area (Å²) in [6.07, 6.45) is 0. The zero-order chi connectivity index (χ0) is 17.8. The number of carbonyl (C=O) groups is 1. The molecule has 4 nitrogen and oxygen atoms in total. The largest absolute Gasteiger partial charge is 0.484 e. The minimum Gasteiger partial charge on any atom is -0.484 e. The summed E-state index contributed by atoms with van der Waals surface area (Å²) in [5.41, 5.74) is 0.676. The number of hydrogen-bond acceptors (Lipinski definition) is 3. The van der Waals surface area contributed by atoms with E-state index in [-0.39, 0.29) is 18.3 Å². The van der Waals surface area contributed by atoms with Crippen LogP contribution in [0.3, 0.4) is 0 Å². The van der Waals surface area contributed by atoms with Crippen molar-refractivity contribution < 1.29 is 13.9 Å². The summed E-state index contributed by atoms with van der Waals surface area (Å²) in [6, 6.07) is 15.5. The summed E-state index contributed by atoms with van der Waals surface area (Å²) in [6.45, 7) is 0.146. The molecule has 0 aliphatic carbocycles. The van der Waals surface area contributed by atoms with Crippen LogP contribution < -0.4 is 10.1 Å². The number of halogens is 3. The Morgan fingerprint density at radius 1 is 1.08 bits per heavy atom. The number of nitrogens with one attached hydrogen (secondary N) is 1. The van der Waals surface area contributed by atoms with Gasteiger partial charge in [-0.25, -0.2) is 0 Å². The van der Waals surface area contributed by atoms with Gasteiger partial charge < -0.3 is 14.5 Å². The van der Waals surface area contributed by atoms with Gasteiger partial charge in [0.1, 0.15) is 18.1 Å². The molecular weight excluding hydrogens is 429 g/mol. The Balaban J connectivity index is 1.61. The van der Waals surface area contributed by atoms with E-state index in [1.807, 2.05) is 12.1 Å². The van der Waals surface area contributed by atoms with Crippen LogP contribution >= 0.6 is 39.1 Å². The average Bonchev–Trinajstić information content (AvgIpc) is 3.05. The summed E-state index contributed by atoms with van der Waals surface area (Å²) < 4.78 is 12.0. The van der Waals surface area contributed by atoms with Gasteiger partial charge >= 0.3 is 0 Å². The molecule has 1 heterocycles. The van der Waals surface area contributed by atoms with Gasteiger partial charge in [0.05, 0.1) is 5.02 Å². The van der Waals surface area contributed by atoms with Crippen molar-refractivity contribution >= 4 is 50.7 Å². The van der Waals surface area contributed by atoms with Gasteiger partial charge in [-0.05, 0) is 54.6 Å². The predicted octanol–water partition coefficient (Wildman–Crippen LogP) is 6.18. The Labute approximate surface area is 162 Å². The molecule has 0 atom stereocenters. The fourth-order valence-electron chi connectivity index (χ4n) is 2.04. The molecule has 7 heteroatoms. The second kappa shape index (κ2) is 7.95. The Bertz CT molecular complexity index is 894. The van der Waals surface area contributed by atoms with Crippen molar-refractivity contribution in [3.05, 3.63) is 80.6 Å². The van der Waals surface area contributed by atoms with Gasteiger partial charge in [-0.3, -0.25) is 4.79 Å². The number of amides is 1. The second-order valence-electron chi connectivity index (χ2n) is 5.09. The fourth-order valence-corrected chi connectivity index (χ4v) is 2.77. The van der Waals surface area contributed by atoms with Gasteiger partial charge in [0.25, 0.3) is 5.91 Å². The second-order valence-corrected chi connectivity index (χ2v) is 6.85. The molecule has 2 aromatic carbocycles. The molecule has 0 saturated carbocycles. The van der Waals surface area contributed by atoms with E-state index in [1.165, 1.54) is 0 Å². The lowest BCUT2D eigenvalue weighted by Gasteiger charge is -2.06. The smallest absolute Gasteiger partial charge is 0.291 e. The van der Waals surface area contributed by atoms with Crippen LogP contribution in [-0.4, -0.2) is 5.91 Å². The first-order chi connectivity index (χ1) is 12.0. The Morgan fingerprint density at radius 3 is 2.56 bits per heavy atom. The lowest BCUT2D eigenvalue weighted by Crippen LogP contribution is -2.10. The molecule has 3 rings (SSSR count). The topological polar surface area (TPSA) is 51.5 Å². The van der Waals surface area contributed by atoms with Crippen LogP contribution in [0.5, 0.6) is 5.75 Å². The Morgan fingerprint density at radius 2 is 1.84 bits per heavy atom. The van der Waals surface area contributed by atoms with Crippen molar-refractivity contribution in [1.82, 2.24) is 0 Å². The number of carbonyl (C=O) groups excluding carboxylic acids is 1. The fraction of sp³-hybridized carbons (Fsp3) is 0.0556. The van der Waals surface area contributed by atoms with Crippen LogP contribution in [0.25, 0.3) is 0 Å². The van der Waals surface area contributed by atoms with E-state index in [2.05, 4.69) is 21.2 Å². The highest BCUT2D eigenvalue weighted by molar-refractivity contribution is 9.10. The van der Waals surface area contributed by atoms with Crippen LogP contribution in [0.1, 0.15) is 16.3 Å². The highest BCUT2D eigenvalue weighted by Gasteiger charge is 2.12. The molecule has 0 radical (unpaired) electrons. The summed E-state index contributed by atoms with van der Waals surface area (Å²) in [4.78, 5) is 12.2. The van der Waals surface area contributed by atoms with E-state index >= 15 is 0 Å². The zero-order valence-corrected chi connectivity index (χ0v) is 15.9. The van der Waals surface area contributed by atoms with Crippen molar-refractivity contribution in [3.8, 4) is 5.75 Å². The molecule has 128 valence electrons. The summed E-state index contributed by atoms with van der Waals surface area (Å²) in [5, 5.41) is 3.70. The number of furan rings is 1. The van der Waals surface area contributed by atoms with Crippen LogP contribution in [-0.2, 0) is 6.61 Å². The lowest BCUT2D eigenvalue weighted by atomic mass is 10.3. The van der Waals surface area contributed by atoms with Crippen molar-refractivity contribution in [2.75, 3.05) is 5.32 Å². The first kappa shape index (κ1) is 17.9. The molecule has 0 fully saturated rings. The summed E-state index contributed by atoms with van der Waals surface area (Å²) in [5.74, 6) is 0.858. The first-order valence-corrected chi connectivity index (χ1v) is 8.79. The van der Waals surface area contributed by atoms with E-state index in [0.717, 1.165) is 4.47 Å². The Hall–Kier alpha value is -1.95. The number of ether oxygens (including phenoxy) is 1. The van der Waals surface area contributed by atoms with Crippen molar-refractivity contribution in [2.45, 2.75) is 6.61 Å². The van der Waals surface area contributed by atoms with Crippen LogP contribution in [0, 0.1) is 0 Å². The highest BCUT2D eigenvalue weighted by atomic mass is 79.9. The Kier molecular flexibility index (Phi) is 5.68. The molecule has 1 aromatic heterocycles. The van der Waals surface area contributed by atoms with E-state index in [1.54, 1.807) is 42.5 Å². The maximum atomic E-state index is 12.2. The van der Waals surface area contributed by atoms with Gasteiger partial charge in [-0.2, -0.15) is 0 Å². The van der Waals surface area contributed by atoms with Crippen molar-refractivity contribution in [1.29, 1.82) is 0 Å². The van der Waals surface area contributed by atoms with E-state index in [4.69, 9.17) is 32.4 Å². The maximum absolute atomic E-state index is 12.2. The molecule has 0 spiro atoms. The molecule has 0 saturated heterocycles. The van der Waals surface area contributed by atoms with E-state index in [9.17, 15) is 4.79 Å². The molecular formula is C18H12BrCl2NO3. The third-order valence-electron chi connectivity index (χ3n) is 3.25. The quantitative estimate of drug-likeness (QED) is 0.515. The summed E-state index contributed by atoms with van der Waals surface area (Å²) >= 11 is 15.2. The predicted molar refractivity (Wildman–Crippen MR) is 102 cm³/mol. The third-order valence-corrected chi connectivity index (χ3v) is 4.31. The first-order valence-electron chi connectivity index (χ1n) is 7.25. The lowest BCUT2D eigenvalue weighted by molar-refractivity contribution is 0.0992. The van der Waals surface area contributed by atoms with Crippen LogP contribution in [0.4, 0.5) is 5.69 Å². The standard InChI is InChI=1S/C18H12BrCl2NO3/c19-11-1-4-13(5-2-11)22-18(23)17-8-6-14(25-17)10-24-16-7-3-12(20)9-15(16)21/h1-9H,10H2,(H,22,23). The minimum atomic E-state index is -0.335. The molecule has 3 aromatic rings. The van der Waals surface area contributed by atoms with E-state index < -0.39 is 0 Å². The number of rotatable bonds is 5. The van der Waals surface area contributed by atoms with E-state index in [0.29, 0.717) is 27.2 Å². The SMILES string of the molecule is O=C(Nc1ccc(Br)cc1)c1ccc(COc2ccc(Cl)cc2Cl)o1. The highest BCUT2D eigenvalue weighted by Crippen LogP contribution is 2.28. The maximum Gasteiger partial charge on any atom is 0.291 e. The normalized spacial score (nSPS) is 10.5. The number of benzene rings is 2. The number of anilines is 1. The molecule has 1 N–H and O–H groups in total. The average molecular weight is 441 g/mol. The third kappa shape index (κ3) is 4.78. The van der Waals surface area contributed by atoms with Gasteiger partial charge in [0.2, 0.25) is 0 Å². The molecule has 25 heavy (non-hydrogen) atoms. The van der Waals surface area contributed by atoms with Gasteiger partial charge in [-0.1, -0.05) is 39.1 Å². The monoisotopic (exact) mass is 439 g/mol. The molecule has 0 aliphatic rings. The minimum absolute atomic E-state index is 0.146. The van der Waals surface area contributed by atoms with Gasteiger partial charge in [-0.15, -0.1) is 0 Å². The van der Waals surface area contributed by atoms with Gasteiger partial charge in [0, 0.05) is 15.2 Å². The molecule has 0 bridgehead atoms. The molecule has 0 unspecified atom stereocenters. The van der Waals surface area contributed by atoms with Crippen molar-refractivity contribution in [3.63, 3.8) is 0 Å². The van der Waals surface area contributed by atoms with Crippen LogP contribution in [0.2, 0.25) is 10.0 Å². The zero-order valence-electron chi connectivity index (χ0n) is 12.8. The molecule has 1 amide bonds.